The first-order valence-electron chi connectivity index (χ1n) is 5.23. The number of esters is 1. The molecule has 0 aromatic rings. The van der Waals surface area contributed by atoms with E-state index in [0.717, 1.165) is 0 Å². The molecule has 1 fully saturated rings. The molecular weight excluding hydrogens is 298 g/mol. The van der Waals surface area contributed by atoms with Crippen LogP contribution in [0.25, 0.3) is 0 Å². The molecule has 5 nitrogen and oxygen atoms in total. The fourth-order valence-electron chi connectivity index (χ4n) is 1.55. The quantitative estimate of drug-likeness (QED) is 0.468. The van der Waals surface area contributed by atoms with Crippen molar-refractivity contribution in [2.75, 3.05) is 6.54 Å². The van der Waals surface area contributed by atoms with Crippen molar-refractivity contribution in [1.82, 2.24) is 4.90 Å². The number of likely N-dealkylation sites (tertiary alicyclic amines) is 1. The fraction of sp³-hybridized carbons (Fsp3) is 0.778. The van der Waals surface area contributed by atoms with Gasteiger partial charge in [-0.15, -0.1) is 0 Å². The Hall–Kier alpha value is -1.52. The van der Waals surface area contributed by atoms with E-state index in [1.54, 1.807) is 0 Å². The van der Waals surface area contributed by atoms with Crippen molar-refractivity contribution in [1.29, 1.82) is 0 Å². The number of amides is 1. The normalized spacial score (nSPS) is 22.8. The second kappa shape index (κ2) is 4.79. The number of nitrogens with two attached hydrogens (primary N) is 1. The average molecular weight is 308 g/mol. The Morgan fingerprint density at radius 3 is 2.00 bits per heavy atom. The van der Waals surface area contributed by atoms with E-state index in [0.29, 0.717) is 6.92 Å². The number of halogens is 6. The lowest BCUT2D eigenvalue weighted by atomic mass is 10.0. The Morgan fingerprint density at radius 1 is 1.20 bits per heavy atom. The van der Waals surface area contributed by atoms with Crippen molar-refractivity contribution >= 4 is 11.9 Å². The number of ether oxygens (including phenoxy) is 1. The summed E-state index contributed by atoms with van der Waals surface area (Å²) >= 11 is 0. The van der Waals surface area contributed by atoms with E-state index in [2.05, 4.69) is 4.74 Å². The van der Waals surface area contributed by atoms with E-state index in [-0.39, 0.29) is 11.4 Å². The molecule has 0 aliphatic carbocycles. The zero-order valence-corrected chi connectivity index (χ0v) is 10.0. The van der Waals surface area contributed by atoms with Crippen LogP contribution in [0.4, 0.5) is 26.3 Å². The molecular formula is C9H10F6N2O3. The van der Waals surface area contributed by atoms with Crippen LogP contribution < -0.4 is 5.73 Å². The average Bonchev–Trinajstić information content (AvgIpc) is 2.10. The van der Waals surface area contributed by atoms with E-state index < -0.39 is 42.4 Å². The summed E-state index contributed by atoms with van der Waals surface area (Å²) in [6, 6.07) is -2.14. The van der Waals surface area contributed by atoms with Crippen molar-refractivity contribution in [2.45, 2.75) is 37.5 Å². The largest absolute Gasteiger partial charge is 0.491 e. The van der Waals surface area contributed by atoms with Gasteiger partial charge < -0.3 is 9.64 Å². The number of rotatable bonds is 2. The second-order valence-electron chi connectivity index (χ2n) is 4.34. The molecule has 20 heavy (non-hydrogen) atoms. The minimum atomic E-state index is -5.40. The first-order valence-corrected chi connectivity index (χ1v) is 5.23. The topological polar surface area (TPSA) is 72.6 Å². The SMILES string of the molecule is C[C@@](N)(OC(=O)C(F)(F)F)C(=O)N1CC[C@@H]1C(F)(F)F. The van der Waals surface area contributed by atoms with Gasteiger partial charge in [0.1, 0.15) is 6.04 Å². The fourth-order valence-corrected chi connectivity index (χ4v) is 1.55. The lowest BCUT2D eigenvalue weighted by Gasteiger charge is -2.44. The number of alkyl halides is 6. The number of hydrogen-bond donors (Lipinski definition) is 1. The molecule has 116 valence electrons. The summed E-state index contributed by atoms with van der Waals surface area (Å²) in [4.78, 5) is 22.4. The maximum atomic E-state index is 12.4. The van der Waals surface area contributed by atoms with Crippen LogP contribution in [0.1, 0.15) is 13.3 Å². The van der Waals surface area contributed by atoms with Gasteiger partial charge in [-0.05, 0) is 13.3 Å². The van der Waals surface area contributed by atoms with Crippen LogP contribution in [0.15, 0.2) is 0 Å². The van der Waals surface area contributed by atoms with Gasteiger partial charge in [0.2, 0.25) is 5.72 Å². The molecule has 0 aromatic heterocycles. The lowest BCUT2D eigenvalue weighted by molar-refractivity contribution is -0.229. The Morgan fingerprint density at radius 2 is 1.70 bits per heavy atom. The van der Waals surface area contributed by atoms with E-state index in [9.17, 15) is 35.9 Å². The standard InChI is InChI=1S/C9H10F6N2O3/c1-7(16,20-6(19)9(13,14)15)5(18)17-3-2-4(17)8(10,11)12/h4H,2-3,16H2,1H3/t4-,7-/m1/s1. The Kier molecular flexibility index (Phi) is 3.96. The third kappa shape index (κ3) is 3.32. The van der Waals surface area contributed by atoms with Gasteiger partial charge in [0.15, 0.2) is 0 Å². The van der Waals surface area contributed by atoms with Crippen LogP contribution in [0, 0.1) is 0 Å². The van der Waals surface area contributed by atoms with Crippen molar-refractivity contribution < 1.29 is 40.7 Å². The van der Waals surface area contributed by atoms with Crippen molar-refractivity contribution in [3.05, 3.63) is 0 Å². The highest BCUT2D eigenvalue weighted by atomic mass is 19.4. The maximum Gasteiger partial charge on any atom is 0.491 e. The minimum Gasteiger partial charge on any atom is -0.428 e. The predicted octanol–water partition coefficient (Wildman–Crippen LogP) is 0.930. The molecule has 0 unspecified atom stereocenters. The van der Waals surface area contributed by atoms with Crippen molar-refractivity contribution in [3.63, 3.8) is 0 Å². The van der Waals surface area contributed by atoms with Gasteiger partial charge in [0, 0.05) is 6.54 Å². The zero-order chi connectivity index (χ0) is 15.9. The third-order valence-electron chi connectivity index (χ3n) is 2.62. The van der Waals surface area contributed by atoms with Gasteiger partial charge in [-0.1, -0.05) is 0 Å². The summed E-state index contributed by atoms with van der Waals surface area (Å²) in [5.74, 6) is -4.29. The monoisotopic (exact) mass is 308 g/mol. The summed E-state index contributed by atoms with van der Waals surface area (Å²) in [6.07, 6.45) is -10.5. The maximum absolute atomic E-state index is 12.4. The molecule has 0 saturated carbocycles. The predicted molar refractivity (Wildman–Crippen MR) is 50.9 cm³/mol. The number of nitrogens with zero attached hydrogens (tertiary/aromatic N) is 1. The second-order valence-corrected chi connectivity index (χ2v) is 4.34. The van der Waals surface area contributed by atoms with Gasteiger partial charge >= 0.3 is 18.3 Å². The van der Waals surface area contributed by atoms with Crippen LogP contribution in [0.5, 0.6) is 0 Å². The van der Waals surface area contributed by atoms with Gasteiger partial charge in [-0.2, -0.15) is 26.3 Å². The smallest absolute Gasteiger partial charge is 0.428 e. The molecule has 0 spiro atoms. The molecule has 0 aromatic carbocycles. The van der Waals surface area contributed by atoms with E-state index >= 15 is 0 Å². The molecule has 2 N–H and O–H groups in total. The first-order chi connectivity index (χ1) is 8.77. The number of hydrogen-bond acceptors (Lipinski definition) is 4. The Bertz CT molecular complexity index is 417. The summed E-state index contributed by atoms with van der Waals surface area (Å²) in [7, 11) is 0. The molecule has 1 aliphatic rings. The highest BCUT2D eigenvalue weighted by Gasteiger charge is 2.55. The summed E-state index contributed by atoms with van der Waals surface area (Å²) < 4.78 is 76.9. The molecule has 11 heteroatoms. The number of carbonyl (C=O) groups is 2. The lowest BCUT2D eigenvalue weighted by Crippen LogP contribution is -2.66. The third-order valence-corrected chi connectivity index (χ3v) is 2.62. The first kappa shape index (κ1) is 16.5. The van der Waals surface area contributed by atoms with Crippen LogP contribution >= 0.6 is 0 Å². The van der Waals surface area contributed by atoms with Crippen molar-refractivity contribution in [3.8, 4) is 0 Å². The molecule has 1 amide bonds. The molecule has 2 atom stereocenters. The summed E-state index contributed by atoms with van der Waals surface area (Å²) in [5.41, 5.74) is 2.25. The molecule has 0 bridgehead atoms. The van der Waals surface area contributed by atoms with Gasteiger partial charge in [0.05, 0.1) is 0 Å². The van der Waals surface area contributed by atoms with Crippen molar-refractivity contribution in [2.24, 2.45) is 5.73 Å². The number of carbonyl (C=O) groups excluding carboxylic acids is 2. The highest BCUT2D eigenvalue weighted by Crippen LogP contribution is 2.35. The van der Waals surface area contributed by atoms with E-state index in [4.69, 9.17) is 5.73 Å². The van der Waals surface area contributed by atoms with E-state index in [1.807, 2.05) is 0 Å². The van der Waals surface area contributed by atoms with E-state index in [1.165, 1.54) is 0 Å². The van der Waals surface area contributed by atoms with Crippen LogP contribution in [-0.4, -0.2) is 47.4 Å². The highest BCUT2D eigenvalue weighted by molar-refractivity contribution is 5.88. The minimum absolute atomic E-state index is 0.226. The zero-order valence-electron chi connectivity index (χ0n) is 10.0. The summed E-state index contributed by atoms with van der Waals surface area (Å²) in [6.45, 7) is 0.254. The molecule has 0 radical (unpaired) electrons. The molecule has 1 aliphatic heterocycles. The van der Waals surface area contributed by atoms with Crippen LogP contribution in [0.3, 0.4) is 0 Å². The summed E-state index contributed by atoms with van der Waals surface area (Å²) in [5, 5.41) is 0. The molecule has 1 heterocycles. The van der Waals surface area contributed by atoms with Gasteiger partial charge in [0.25, 0.3) is 5.91 Å². The van der Waals surface area contributed by atoms with Crippen LogP contribution in [-0.2, 0) is 14.3 Å². The Balaban J connectivity index is 2.78. The van der Waals surface area contributed by atoms with Crippen LogP contribution in [0.2, 0.25) is 0 Å². The Labute approximate surface area is 108 Å². The molecule has 1 rings (SSSR count). The van der Waals surface area contributed by atoms with Gasteiger partial charge in [-0.3, -0.25) is 10.5 Å². The molecule has 1 saturated heterocycles. The van der Waals surface area contributed by atoms with Gasteiger partial charge in [-0.25, -0.2) is 4.79 Å².